The Labute approximate surface area is 180 Å². The van der Waals surface area contributed by atoms with E-state index in [9.17, 15) is 5.11 Å². The van der Waals surface area contributed by atoms with Crippen LogP contribution in [0.5, 0.6) is 0 Å². The Hall–Kier alpha value is -2.22. The van der Waals surface area contributed by atoms with Gasteiger partial charge in [-0.3, -0.25) is 5.10 Å². The summed E-state index contributed by atoms with van der Waals surface area (Å²) in [6.07, 6.45) is 5.92. The third-order valence-electron chi connectivity index (χ3n) is 7.14. The molecule has 2 N–H and O–H groups in total. The highest BCUT2D eigenvalue weighted by Gasteiger charge is 2.47. The van der Waals surface area contributed by atoms with E-state index in [1.807, 2.05) is 12.1 Å². The SMILES string of the molecule is CC1[C@H](C)OCC12CCN(c1ncc(-c3cc(Cl)c4cn[nH]c4c3)nc1CO)CC2. The van der Waals surface area contributed by atoms with Gasteiger partial charge in [-0.1, -0.05) is 18.5 Å². The second kappa shape index (κ2) is 7.48. The predicted molar refractivity (Wildman–Crippen MR) is 117 cm³/mol. The molecule has 2 atom stereocenters. The number of halogens is 1. The largest absolute Gasteiger partial charge is 0.390 e. The van der Waals surface area contributed by atoms with E-state index in [1.54, 1.807) is 12.4 Å². The predicted octanol–water partition coefficient (Wildman–Crippen LogP) is 3.81. The minimum absolute atomic E-state index is 0.158. The number of rotatable bonds is 3. The molecule has 2 aromatic heterocycles. The average molecular weight is 428 g/mol. The van der Waals surface area contributed by atoms with Crippen LogP contribution in [0.2, 0.25) is 5.02 Å². The van der Waals surface area contributed by atoms with Gasteiger partial charge >= 0.3 is 0 Å². The molecule has 30 heavy (non-hydrogen) atoms. The molecule has 2 saturated heterocycles. The minimum Gasteiger partial charge on any atom is -0.390 e. The molecule has 0 saturated carbocycles. The zero-order valence-electron chi connectivity index (χ0n) is 17.2. The van der Waals surface area contributed by atoms with Crippen LogP contribution in [-0.2, 0) is 11.3 Å². The molecule has 0 bridgehead atoms. The Morgan fingerprint density at radius 3 is 2.77 bits per heavy atom. The lowest BCUT2D eigenvalue weighted by atomic mass is 9.70. The lowest BCUT2D eigenvalue weighted by Gasteiger charge is -2.42. The fraction of sp³-hybridized carbons (Fsp3) is 0.500. The fourth-order valence-corrected chi connectivity index (χ4v) is 5.19. The third-order valence-corrected chi connectivity index (χ3v) is 7.45. The number of H-pyrrole nitrogens is 1. The summed E-state index contributed by atoms with van der Waals surface area (Å²) in [5, 5.41) is 18.5. The van der Waals surface area contributed by atoms with Gasteiger partial charge < -0.3 is 14.7 Å². The number of aromatic amines is 1. The molecule has 0 radical (unpaired) electrons. The molecule has 2 fully saturated rings. The summed E-state index contributed by atoms with van der Waals surface area (Å²) in [5.41, 5.74) is 3.22. The van der Waals surface area contributed by atoms with Crippen LogP contribution < -0.4 is 4.90 Å². The maximum Gasteiger partial charge on any atom is 0.152 e. The second-order valence-corrected chi connectivity index (χ2v) is 9.03. The average Bonchev–Trinajstić information content (AvgIpc) is 3.35. The highest BCUT2D eigenvalue weighted by atomic mass is 35.5. The van der Waals surface area contributed by atoms with Crippen LogP contribution in [0, 0.1) is 11.3 Å². The van der Waals surface area contributed by atoms with E-state index in [1.165, 1.54) is 0 Å². The number of nitrogens with zero attached hydrogens (tertiary/aromatic N) is 4. The fourth-order valence-electron chi connectivity index (χ4n) is 4.92. The van der Waals surface area contributed by atoms with E-state index in [2.05, 4.69) is 28.9 Å². The van der Waals surface area contributed by atoms with Crippen LogP contribution in [0.25, 0.3) is 22.2 Å². The zero-order valence-corrected chi connectivity index (χ0v) is 18.0. The second-order valence-electron chi connectivity index (χ2n) is 8.63. The van der Waals surface area contributed by atoms with Crippen molar-refractivity contribution in [2.24, 2.45) is 11.3 Å². The first-order valence-corrected chi connectivity index (χ1v) is 10.8. The number of nitrogens with one attached hydrogen (secondary N) is 1. The molecular weight excluding hydrogens is 402 g/mol. The third kappa shape index (κ3) is 3.16. The molecule has 8 heteroatoms. The molecule has 0 amide bonds. The van der Waals surface area contributed by atoms with E-state index < -0.39 is 0 Å². The van der Waals surface area contributed by atoms with Gasteiger partial charge in [-0.05, 0) is 37.8 Å². The molecule has 1 aromatic carbocycles. The van der Waals surface area contributed by atoms with E-state index in [-0.39, 0.29) is 12.0 Å². The molecule has 0 aliphatic carbocycles. The van der Waals surface area contributed by atoms with Crippen molar-refractivity contribution >= 4 is 28.3 Å². The van der Waals surface area contributed by atoms with Crippen LogP contribution in [0.15, 0.2) is 24.5 Å². The molecule has 5 rings (SSSR count). The summed E-state index contributed by atoms with van der Waals surface area (Å²) in [4.78, 5) is 11.7. The van der Waals surface area contributed by atoms with Crippen molar-refractivity contribution in [2.75, 3.05) is 24.6 Å². The van der Waals surface area contributed by atoms with Crippen molar-refractivity contribution in [2.45, 2.75) is 39.4 Å². The van der Waals surface area contributed by atoms with E-state index in [4.69, 9.17) is 26.3 Å². The molecule has 2 aliphatic heterocycles. The first-order valence-electron chi connectivity index (χ1n) is 10.5. The van der Waals surface area contributed by atoms with Gasteiger partial charge in [0.1, 0.15) is 5.69 Å². The maximum absolute atomic E-state index is 10.0. The van der Waals surface area contributed by atoms with Crippen LogP contribution >= 0.6 is 11.6 Å². The van der Waals surface area contributed by atoms with Crippen molar-refractivity contribution in [3.05, 3.63) is 35.2 Å². The number of ether oxygens (including phenoxy) is 1. The monoisotopic (exact) mass is 427 g/mol. The molecular formula is C22H26ClN5O2. The highest BCUT2D eigenvalue weighted by Crippen LogP contribution is 2.46. The number of anilines is 1. The number of aliphatic hydroxyl groups excluding tert-OH is 1. The van der Waals surface area contributed by atoms with Crippen molar-refractivity contribution in [3.8, 4) is 11.3 Å². The van der Waals surface area contributed by atoms with Gasteiger partial charge in [0.15, 0.2) is 5.82 Å². The Morgan fingerprint density at radius 2 is 2.07 bits per heavy atom. The molecule has 7 nitrogen and oxygen atoms in total. The maximum atomic E-state index is 10.0. The number of fused-ring (bicyclic) bond motifs is 1. The summed E-state index contributed by atoms with van der Waals surface area (Å²) < 4.78 is 5.94. The smallest absolute Gasteiger partial charge is 0.152 e. The number of piperidine rings is 1. The van der Waals surface area contributed by atoms with Gasteiger partial charge in [-0.25, -0.2) is 9.97 Å². The highest BCUT2D eigenvalue weighted by molar-refractivity contribution is 6.35. The van der Waals surface area contributed by atoms with Gasteiger partial charge in [0.25, 0.3) is 0 Å². The molecule has 1 unspecified atom stereocenters. The summed E-state index contributed by atoms with van der Waals surface area (Å²) in [7, 11) is 0. The number of hydrogen-bond acceptors (Lipinski definition) is 6. The first kappa shape index (κ1) is 19.7. The van der Waals surface area contributed by atoms with Crippen molar-refractivity contribution in [1.82, 2.24) is 20.2 Å². The molecule has 1 spiro atoms. The van der Waals surface area contributed by atoms with Gasteiger partial charge in [-0.2, -0.15) is 5.10 Å². The number of benzene rings is 1. The molecule has 4 heterocycles. The molecule has 3 aromatic rings. The number of aromatic nitrogens is 4. The standard InChI is InChI=1S/C22H26ClN5O2/c1-13-14(2)30-12-22(13)3-5-28(6-4-22)21-20(11-29)26-19(10-24-21)15-7-17(23)16-9-25-27-18(16)8-15/h7-10,13-14,29H,3-6,11-12H2,1-2H3,(H,25,27)/t13?,14-/m0/s1. The van der Waals surface area contributed by atoms with Gasteiger partial charge in [0.05, 0.1) is 47.9 Å². The minimum atomic E-state index is -0.158. The number of hydrogen-bond donors (Lipinski definition) is 2. The Bertz CT molecular complexity index is 1080. The summed E-state index contributed by atoms with van der Waals surface area (Å²) in [6.45, 7) is 6.96. The Kier molecular flexibility index (Phi) is 4.92. The Morgan fingerprint density at radius 1 is 1.27 bits per heavy atom. The van der Waals surface area contributed by atoms with Crippen LogP contribution in [-0.4, -0.2) is 51.1 Å². The number of aliphatic hydroxyl groups is 1. The quantitative estimate of drug-likeness (QED) is 0.661. The van der Waals surface area contributed by atoms with Crippen molar-refractivity contribution in [3.63, 3.8) is 0 Å². The van der Waals surface area contributed by atoms with Crippen molar-refractivity contribution < 1.29 is 9.84 Å². The zero-order chi connectivity index (χ0) is 20.9. The summed E-state index contributed by atoms with van der Waals surface area (Å²) in [6, 6.07) is 3.81. The topological polar surface area (TPSA) is 87.2 Å². The van der Waals surface area contributed by atoms with Gasteiger partial charge in [0, 0.05) is 29.5 Å². The van der Waals surface area contributed by atoms with Gasteiger partial charge in [0.2, 0.25) is 0 Å². The summed E-state index contributed by atoms with van der Waals surface area (Å²) >= 11 is 6.39. The van der Waals surface area contributed by atoms with Crippen LogP contribution in [0.1, 0.15) is 32.4 Å². The Balaban J connectivity index is 1.41. The van der Waals surface area contributed by atoms with E-state index in [0.717, 1.165) is 54.8 Å². The lowest BCUT2D eigenvalue weighted by molar-refractivity contribution is 0.0969. The lowest BCUT2D eigenvalue weighted by Crippen LogP contribution is -2.44. The van der Waals surface area contributed by atoms with E-state index in [0.29, 0.717) is 28.4 Å². The first-order chi connectivity index (χ1) is 14.5. The summed E-state index contributed by atoms with van der Waals surface area (Å²) in [5.74, 6) is 1.33. The molecule has 158 valence electrons. The van der Waals surface area contributed by atoms with Crippen LogP contribution in [0.3, 0.4) is 0 Å². The van der Waals surface area contributed by atoms with E-state index >= 15 is 0 Å². The molecule has 2 aliphatic rings. The van der Waals surface area contributed by atoms with Gasteiger partial charge in [-0.15, -0.1) is 0 Å². The van der Waals surface area contributed by atoms with Crippen molar-refractivity contribution in [1.29, 1.82) is 0 Å². The van der Waals surface area contributed by atoms with Crippen LogP contribution in [0.4, 0.5) is 5.82 Å². The normalized spacial score (nSPS) is 23.5.